The number of anilines is 2. The van der Waals surface area contributed by atoms with E-state index in [9.17, 15) is 4.79 Å². The number of fused-ring (bicyclic) bond motifs is 1. The molecule has 0 saturated carbocycles. The molecule has 0 aliphatic carbocycles. The molecular formula is C21H25N7O2. The van der Waals surface area contributed by atoms with Gasteiger partial charge in [0, 0.05) is 42.4 Å². The minimum atomic E-state index is -0.285. The largest absolute Gasteiger partial charge is 0.467 e. The SMILES string of the molecule is COc1ncc2c(N3C[C@@H](C)N[C@@H](C)C3)ccc(C(=O)Nc3cncnc3C)c2n1. The average Bonchev–Trinajstić information content (AvgIpc) is 2.73. The molecule has 1 aromatic carbocycles. The van der Waals surface area contributed by atoms with Crippen molar-refractivity contribution in [3.8, 4) is 6.01 Å². The first-order valence-corrected chi connectivity index (χ1v) is 9.89. The van der Waals surface area contributed by atoms with Crippen molar-refractivity contribution in [1.82, 2.24) is 25.3 Å². The van der Waals surface area contributed by atoms with Gasteiger partial charge >= 0.3 is 6.01 Å². The van der Waals surface area contributed by atoms with Crippen LogP contribution in [0.25, 0.3) is 10.9 Å². The molecule has 0 spiro atoms. The molecule has 1 saturated heterocycles. The second-order valence-electron chi connectivity index (χ2n) is 7.60. The van der Waals surface area contributed by atoms with Crippen molar-refractivity contribution in [2.75, 3.05) is 30.4 Å². The van der Waals surface area contributed by atoms with E-state index in [1.807, 2.05) is 13.0 Å². The highest BCUT2D eigenvalue weighted by Crippen LogP contribution is 2.31. The molecule has 2 aromatic heterocycles. The lowest BCUT2D eigenvalue weighted by molar-refractivity contribution is 0.102. The first kappa shape index (κ1) is 20.0. The van der Waals surface area contributed by atoms with Crippen LogP contribution in [0, 0.1) is 6.92 Å². The van der Waals surface area contributed by atoms with Gasteiger partial charge < -0.3 is 20.3 Å². The summed E-state index contributed by atoms with van der Waals surface area (Å²) >= 11 is 0. The third-order valence-electron chi connectivity index (χ3n) is 5.19. The predicted octanol–water partition coefficient (Wildman–Crippen LogP) is 2.18. The van der Waals surface area contributed by atoms with Crippen molar-refractivity contribution in [1.29, 1.82) is 0 Å². The normalized spacial score (nSPS) is 19.0. The van der Waals surface area contributed by atoms with E-state index in [0.29, 0.717) is 34.5 Å². The predicted molar refractivity (Wildman–Crippen MR) is 115 cm³/mol. The number of amides is 1. The highest BCUT2D eigenvalue weighted by atomic mass is 16.5. The second kappa shape index (κ2) is 8.19. The Hall–Kier alpha value is -3.33. The van der Waals surface area contributed by atoms with Gasteiger partial charge in [0.05, 0.1) is 35.8 Å². The molecule has 2 N–H and O–H groups in total. The van der Waals surface area contributed by atoms with Gasteiger partial charge in [-0.1, -0.05) is 0 Å². The van der Waals surface area contributed by atoms with E-state index in [2.05, 4.69) is 49.3 Å². The van der Waals surface area contributed by atoms with Gasteiger partial charge in [0.25, 0.3) is 5.91 Å². The van der Waals surface area contributed by atoms with Crippen LogP contribution in [0.4, 0.5) is 11.4 Å². The molecule has 0 unspecified atom stereocenters. The summed E-state index contributed by atoms with van der Waals surface area (Å²) in [6.07, 6.45) is 4.75. The van der Waals surface area contributed by atoms with Crippen LogP contribution in [-0.2, 0) is 0 Å². The summed E-state index contributed by atoms with van der Waals surface area (Å²) in [5.74, 6) is -0.285. The molecule has 3 aromatic rings. The first-order chi connectivity index (χ1) is 14.5. The number of ether oxygens (including phenoxy) is 1. The molecule has 2 atom stereocenters. The minimum absolute atomic E-state index is 0.218. The topological polar surface area (TPSA) is 105 Å². The second-order valence-corrected chi connectivity index (χ2v) is 7.60. The van der Waals surface area contributed by atoms with E-state index in [0.717, 1.165) is 24.2 Å². The Kier molecular flexibility index (Phi) is 5.45. The third-order valence-corrected chi connectivity index (χ3v) is 5.19. The van der Waals surface area contributed by atoms with Gasteiger partial charge in [-0.2, -0.15) is 4.98 Å². The Labute approximate surface area is 174 Å². The molecule has 30 heavy (non-hydrogen) atoms. The summed E-state index contributed by atoms with van der Waals surface area (Å²) < 4.78 is 5.22. The van der Waals surface area contributed by atoms with Gasteiger partial charge in [-0.25, -0.2) is 15.0 Å². The maximum atomic E-state index is 13.1. The maximum absolute atomic E-state index is 13.1. The average molecular weight is 407 g/mol. The molecule has 1 amide bonds. The molecule has 3 heterocycles. The summed E-state index contributed by atoms with van der Waals surface area (Å²) in [6.45, 7) is 7.86. The van der Waals surface area contributed by atoms with E-state index in [-0.39, 0.29) is 11.9 Å². The van der Waals surface area contributed by atoms with Crippen LogP contribution < -0.4 is 20.3 Å². The number of aromatic nitrogens is 4. The van der Waals surface area contributed by atoms with Crippen molar-refractivity contribution in [2.45, 2.75) is 32.9 Å². The number of methoxy groups -OCH3 is 1. The lowest BCUT2D eigenvalue weighted by Gasteiger charge is -2.38. The molecule has 9 nitrogen and oxygen atoms in total. The van der Waals surface area contributed by atoms with E-state index < -0.39 is 0 Å². The standard InChI is InChI=1S/C21H25N7O2/c1-12-9-28(10-13(2)25-12)18-6-5-15(19-16(18)7-23-21(27-19)30-4)20(29)26-17-8-22-11-24-14(17)3/h5-8,11-13,25H,9-10H2,1-4H3,(H,26,29)/t12-,13+. The van der Waals surface area contributed by atoms with Crippen LogP contribution in [0.5, 0.6) is 6.01 Å². The number of nitrogens with zero attached hydrogens (tertiary/aromatic N) is 5. The summed E-state index contributed by atoms with van der Waals surface area (Å²) in [7, 11) is 1.51. The summed E-state index contributed by atoms with van der Waals surface area (Å²) in [4.78, 5) is 32.3. The number of aryl methyl sites for hydroxylation is 1. The number of rotatable bonds is 4. The van der Waals surface area contributed by atoms with Gasteiger partial charge in [0.2, 0.25) is 0 Å². The van der Waals surface area contributed by atoms with Crippen LogP contribution in [0.15, 0.2) is 30.9 Å². The maximum Gasteiger partial charge on any atom is 0.316 e. The number of carbonyl (C=O) groups excluding carboxylic acids is 1. The fourth-order valence-corrected chi connectivity index (χ4v) is 3.87. The zero-order chi connectivity index (χ0) is 21.3. The monoisotopic (exact) mass is 407 g/mol. The fourth-order valence-electron chi connectivity index (χ4n) is 3.87. The molecule has 156 valence electrons. The number of piperazine rings is 1. The summed E-state index contributed by atoms with van der Waals surface area (Å²) in [5.41, 5.74) is 3.24. The first-order valence-electron chi connectivity index (χ1n) is 9.89. The van der Waals surface area contributed by atoms with Crippen LogP contribution in [-0.4, -0.2) is 58.1 Å². The van der Waals surface area contributed by atoms with Crippen molar-refractivity contribution < 1.29 is 9.53 Å². The van der Waals surface area contributed by atoms with E-state index in [1.54, 1.807) is 18.5 Å². The Morgan fingerprint density at radius 2 is 1.97 bits per heavy atom. The molecule has 0 bridgehead atoms. The van der Waals surface area contributed by atoms with Crippen LogP contribution in [0.2, 0.25) is 0 Å². The van der Waals surface area contributed by atoms with E-state index in [4.69, 9.17) is 4.74 Å². The number of carbonyl (C=O) groups is 1. The Balaban J connectivity index is 1.77. The van der Waals surface area contributed by atoms with Crippen LogP contribution in [0.3, 0.4) is 0 Å². The smallest absolute Gasteiger partial charge is 0.316 e. The molecule has 4 rings (SSSR count). The molecule has 1 aliphatic rings. The minimum Gasteiger partial charge on any atom is -0.467 e. The zero-order valence-electron chi connectivity index (χ0n) is 17.5. The van der Waals surface area contributed by atoms with Gasteiger partial charge in [-0.3, -0.25) is 4.79 Å². The number of nitrogens with one attached hydrogen (secondary N) is 2. The van der Waals surface area contributed by atoms with E-state index in [1.165, 1.54) is 13.4 Å². The quantitative estimate of drug-likeness (QED) is 0.678. The van der Waals surface area contributed by atoms with Gasteiger partial charge in [0.1, 0.15) is 6.33 Å². The Bertz CT molecular complexity index is 1080. The molecule has 9 heteroatoms. The van der Waals surface area contributed by atoms with Crippen molar-refractivity contribution in [3.05, 3.63) is 42.1 Å². The molecule has 1 aliphatic heterocycles. The van der Waals surface area contributed by atoms with Gasteiger partial charge in [0.15, 0.2) is 0 Å². The zero-order valence-corrected chi connectivity index (χ0v) is 17.5. The third kappa shape index (κ3) is 3.88. The Morgan fingerprint density at radius 1 is 1.20 bits per heavy atom. The van der Waals surface area contributed by atoms with Gasteiger partial charge in [-0.15, -0.1) is 0 Å². The number of benzene rings is 1. The fraction of sp³-hybridized carbons (Fsp3) is 0.381. The van der Waals surface area contributed by atoms with Crippen molar-refractivity contribution in [2.24, 2.45) is 0 Å². The highest BCUT2D eigenvalue weighted by molar-refractivity contribution is 6.14. The highest BCUT2D eigenvalue weighted by Gasteiger charge is 2.24. The van der Waals surface area contributed by atoms with Crippen LogP contribution in [0.1, 0.15) is 29.9 Å². The summed E-state index contributed by atoms with van der Waals surface area (Å²) in [5, 5.41) is 7.23. The number of hydrogen-bond donors (Lipinski definition) is 2. The van der Waals surface area contributed by atoms with Gasteiger partial charge in [-0.05, 0) is 32.9 Å². The summed E-state index contributed by atoms with van der Waals surface area (Å²) in [6, 6.07) is 4.69. The number of hydrogen-bond acceptors (Lipinski definition) is 8. The Morgan fingerprint density at radius 3 is 2.67 bits per heavy atom. The molecular weight excluding hydrogens is 382 g/mol. The van der Waals surface area contributed by atoms with Crippen LogP contribution >= 0.6 is 0 Å². The lowest BCUT2D eigenvalue weighted by Crippen LogP contribution is -2.54. The van der Waals surface area contributed by atoms with Crippen molar-refractivity contribution >= 4 is 28.2 Å². The molecule has 0 radical (unpaired) electrons. The lowest BCUT2D eigenvalue weighted by atomic mass is 10.0. The van der Waals surface area contributed by atoms with E-state index >= 15 is 0 Å². The van der Waals surface area contributed by atoms with Crippen molar-refractivity contribution in [3.63, 3.8) is 0 Å². The molecule has 1 fully saturated rings.